The summed E-state index contributed by atoms with van der Waals surface area (Å²) in [6.07, 6.45) is 0. The molecule has 0 unspecified atom stereocenters. The van der Waals surface area contributed by atoms with Gasteiger partial charge < -0.3 is 4.90 Å². The molecule has 0 aliphatic rings. The van der Waals surface area contributed by atoms with Gasteiger partial charge in [0.15, 0.2) is 0 Å². The fraction of sp³-hybridized carbons (Fsp3) is 0. The zero-order chi connectivity index (χ0) is 25.8. The first-order valence-electron chi connectivity index (χ1n) is 13.4. The topological polar surface area (TPSA) is 3.24 Å². The van der Waals surface area contributed by atoms with E-state index in [0.717, 1.165) is 17.1 Å². The lowest BCUT2D eigenvalue weighted by Crippen LogP contribution is -2.09. The van der Waals surface area contributed by atoms with Gasteiger partial charge in [-0.25, -0.2) is 0 Å². The lowest BCUT2D eigenvalue weighted by Gasteiger charge is -2.26. The molecule has 0 atom stereocenters. The minimum absolute atomic E-state index is 1.14. The van der Waals surface area contributed by atoms with Gasteiger partial charge in [0.25, 0.3) is 0 Å². The van der Waals surface area contributed by atoms with Crippen LogP contribution in [0.4, 0.5) is 17.1 Å². The average molecular weight is 496 g/mol. The average Bonchev–Trinajstić information content (AvgIpc) is 3.01. The predicted octanol–water partition coefficient (Wildman–Crippen LogP) is 10.9. The van der Waals surface area contributed by atoms with E-state index in [1.807, 2.05) is 0 Å². The highest BCUT2D eigenvalue weighted by molar-refractivity contribution is 6.25. The van der Waals surface area contributed by atoms with E-state index in [2.05, 4.69) is 157 Å². The molecule has 39 heavy (non-hydrogen) atoms. The summed E-state index contributed by atoms with van der Waals surface area (Å²) < 4.78 is 0. The minimum atomic E-state index is 1.14. The second-order valence-electron chi connectivity index (χ2n) is 10.2. The maximum absolute atomic E-state index is 2.37. The highest BCUT2D eigenvalue weighted by Gasteiger charge is 2.15. The van der Waals surface area contributed by atoms with Crippen LogP contribution in [0.15, 0.2) is 152 Å². The minimum Gasteiger partial charge on any atom is -0.310 e. The number of hydrogen-bond donors (Lipinski definition) is 0. The standard InChI is InChI=1S/C38H25N/c1-2-11-31(12-3-1)39(32-20-16-26-8-4-5-10-30(26)24-32)33-21-17-28-14-15-29-19-22-35-34-13-7-6-9-27(34)18-23-36(35)38(29)37(28)25-33/h1-25H. The van der Waals surface area contributed by atoms with E-state index in [1.54, 1.807) is 0 Å². The van der Waals surface area contributed by atoms with E-state index in [4.69, 9.17) is 0 Å². The third kappa shape index (κ3) is 3.55. The lowest BCUT2D eigenvalue weighted by molar-refractivity contribution is 1.29. The Hall–Kier alpha value is -5.14. The van der Waals surface area contributed by atoms with Gasteiger partial charge in [0, 0.05) is 17.1 Å². The van der Waals surface area contributed by atoms with Gasteiger partial charge in [-0.3, -0.25) is 0 Å². The Morgan fingerprint density at radius 1 is 0.282 bits per heavy atom. The number of benzene rings is 8. The van der Waals surface area contributed by atoms with Crippen molar-refractivity contribution >= 4 is 70.9 Å². The Morgan fingerprint density at radius 3 is 1.72 bits per heavy atom. The van der Waals surface area contributed by atoms with Gasteiger partial charge in [-0.1, -0.05) is 115 Å². The van der Waals surface area contributed by atoms with Crippen molar-refractivity contribution in [3.05, 3.63) is 152 Å². The number of hydrogen-bond acceptors (Lipinski definition) is 1. The molecule has 0 bridgehead atoms. The van der Waals surface area contributed by atoms with E-state index in [1.165, 1.54) is 53.9 Å². The van der Waals surface area contributed by atoms with Crippen LogP contribution in [0, 0.1) is 0 Å². The van der Waals surface area contributed by atoms with Crippen molar-refractivity contribution in [2.75, 3.05) is 4.90 Å². The smallest absolute Gasteiger partial charge is 0.0468 e. The quantitative estimate of drug-likeness (QED) is 0.220. The summed E-state index contributed by atoms with van der Waals surface area (Å²) in [4.78, 5) is 2.37. The summed E-state index contributed by atoms with van der Waals surface area (Å²) in [6.45, 7) is 0. The van der Waals surface area contributed by atoms with Gasteiger partial charge in [0.1, 0.15) is 0 Å². The third-order valence-corrected chi connectivity index (χ3v) is 7.97. The molecule has 8 aromatic carbocycles. The molecule has 0 aliphatic carbocycles. The van der Waals surface area contributed by atoms with E-state index in [-0.39, 0.29) is 0 Å². The van der Waals surface area contributed by atoms with Crippen LogP contribution in [0.1, 0.15) is 0 Å². The first-order chi connectivity index (χ1) is 19.3. The molecule has 8 aromatic rings. The molecule has 0 saturated heterocycles. The maximum Gasteiger partial charge on any atom is 0.0468 e. The molecule has 1 nitrogen and oxygen atoms in total. The van der Waals surface area contributed by atoms with Crippen LogP contribution < -0.4 is 4.90 Å². The van der Waals surface area contributed by atoms with Gasteiger partial charge in [0.2, 0.25) is 0 Å². The normalized spacial score (nSPS) is 11.6. The summed E-state index contributed by atoms with van der Waals surface area (Å²) in [5.74, 6) is 0. The van der Waals surface area contributed by atoms with Crippen molar-refractivity contribution in [2.24, 2.45) is 0 Å². The van der Waals surface area contributed by atoms with Gasteiger partial charge >= 0.3 is 0 Å². The van der Waals surface area contributed by atoms with Crippen LogP contribution in [-0.2, 0) is 0 Å². The highest BCUT2D eigenvalue weighted by atomic mass is 15.1. The first-order valence-corrected chi connectivity index (χ1v) is 13.4. The van der Waals surface area contributed by atoms with E-state index in [9.17, 15) is 0 Å². The molecule has 182 valence electrons. The fourth-order valence-electron chi connectivity index (χ4n) is 6.11. The van der Waals surface area contributed by atoms with Crippen molar-refractivity contribution in [3.63, 3.8) is 0 Å². The first kappa shape index (κ1) is 21.9. The molecule has 0 spiro atoms. The Bertz CT molecular complexity index is 2180. The number of anilines is 3. The van der Waals surface area contributed by atoms with Crippen molar-refractivity contribution in [1.29, 1.82) is 0 Å². The second kappa shape index (κ2) is 8.72. The molecule has 0 radical (unpaired) electrons. The molecular formula is C38H25N. The molecule has 0 amide bonds. The summed E-state index contributed by atoms with van der Waals surface area (Å²) in [6, 6.07) is 55.1. The zero-order valence-electron chi connectivity index (χ0n) is 21.4. The molecule has 0 N–H and O–H groups in total. The number of nitrogens with zero attached hydrogens (tertiary/aromatic N) is 1. The Balaban J connectivity index is 1.42. The van der Waals surface area contributed by atoms with E-state index < -0.39 is 0 Å². The summed E-state index contributed by atoms with van der Waals surface area (Å²) >= 11 is 0. The third-order valence-electron chi connectivity index (χ3n) is 7.97. The lowest BCUT2D eigenvalue weighted by atomic mass is 9.93. The van der Waals surface area contributed by atoms with Crippen LogP contribution in [0.3, 0.4) is 0 Å². The van der Waals surface area contributed by atoms with E-state index >= 15 is 0 Å². The Morgan fingerprint density at radius 2 is 0.846 bits per heavy atom. The Labute approximate surface area is 227 Å². The SMILES string of the molecule is c1ccc(N(c2ccc3ccccc3c2)c2ccc3ccc4ccc5c6ccccc6ccc5c4c3c2)cc1. The van der Waals surface area contributed by atoms with Crippen LogP contribution in [0.5, 0.6) is 0 Å². The molecule has 0 aliphatic heterocycles. The molecule has 1 heteroatoms. The van der Waals surface area contributed by atoms with Crippen LogP contribution in [0.2, 0.25) is 0 Å². The monoisotopic (exact) mass is 495 g/mol. The second-order valence-corrected chi connectivity index (χ2v) is 10.2. The van der Waals surface area contributed by atoms with Crippen molar-refractivity contribution < 1.29 is 0 Å². The molecular weight excluding hydrogens is 470 g/mol. The van der Waals surface area contributed by atoms with Crippen molar-refractivity contribution in [3.8, 4) is 0 Å². The van der Waals surface area contributed by atoms with Crippen molar-refractivity contribution in [2.45, 2.75) is 0 Å². The maximum atomic E-state index is 2.37. The summed E-state index contributed by atoms with van der Waals surface area (Å²) in [5, 5.41) is 12.7. The van der Waals surface area contributed by atoms with Crippen LogP contribution >= 0.6 is 0 Å². The number of rotatable bonds is 3. The van der Waals surface area contributed by atoms with Gasteiger partial charge in [-0.05, 0) is 90.3 Å². The van der Waals surface area contributed by atoms with Crippen LogP contribution in [-0.4, -0.2) is 0 Å². The van der Waals surface area contributed by atoms with Crippen LogP contribution in [0.25, 0.3) is 53.9 Å². The Kier molecular flexibility index (Phi) is 4.89. The predicted molar refractivity (Wildman–Crippen MR) is 169 cm³/mol. The molecule has 0 aromatic heterocycles. The number of para-hydroxylation sites is 1. The highest BCUT2D eigenvalue weighted by Crippen LogP contribution is 2.40. The molecule has 0 saturated carbocycles. The molecule has 0 fully saturated rings. The van der Waals surface area contributed by atoms with Crippen molar-refractivity contribution in [1.82, 2.24) is 0 Å². The fourth-order valence-corrected chi connectivity index (χ4v) is 6.11. The molecule has 8 rings (SSSR count). The van der Waals surface area contributed by atoms with Gasteiger partial charge in [-0.15, -0.1) is 0 Å². The largest absolute Gasteiger partial charge is 0.310 e. The zero-order valence-corrected chi connectivity index (χ0v) is 21.4. The van der Waals surface area contributed by atoms with Gasteiger partial charge in [-0.2, -0.15) is 0 Å². The number of fused-ring (bicyclic) bond motifs is 8. The molecule has 0 heterocycles. The van der Waals surface area contributed by atoms with E-state index in [0.29, 0.717) is 0 Å². The van der Waals surface area contributed by atoms with Gasteiger partial charge in [0.05, 0.1) is 0 Å². The summed E-state index contributed by atoms with van der Waals surface area (Å²) in [5.41, 5.74) is 3.44. The summed E-state index contributed by atoms with van der Waals surface area (Å²) in [7, 11) is 0.